The first kappa shape index (κ1) is 26.3. The van der Waals surface area contributed by atoms with Gasteiger partial charge in [-0.25, -0.2) is 0 Å². The van der Waals surface area contributed by atoms with E-state index < -0.39 is 23.7 Å². The number of carbonyl (C=O) groups is 4. The number of rotatable bonds is 4. The number of allylic oxidation sites excluding steroid dienone is 6. The van der Waals surface area contributed by atoms with Gasteiger partial charge >= 0.3 is 0 Å². The Morgan fingerprint density at radius 2 is 1.60 bits per heavy atom. The third-order valence-electron chi connectivity index (χ3n) is 8.46. The lowest BCUT2D eigenvalue weighted by atomic mass is 9.59. The molecular formula is C31H26BrNO7. The highest BCUT2D eigenvalue weighted by atomic mass is 79.9. The Morgan fingerprint density at radius 3 is 2.23 bits per heavy atom. The molecule has 0 radical (unpaired) electrons. The van der Waals surface area contributed by atoms with Crippen LogP contribution in [0.15, 0.2) is 75.3 Å². The number of ether oxygens (including phenoxy) is 2. The molecule has 4 aliphatic rings. The van der Waals surface area contributed by atoms with Crippen LogP contribution in [-0.2, 0) is 19.2 Å². The van der Waals surface area contributed by atoms with Gasteiger partial charge in [-0.05, 0) is 56.0 Å². The number of hydrogen-bond acceptors (Lipinski definition) is 7. The standard InChI is InChI=1S/C31H26BrNO7/c1-14-10-22(35)26-21(29(14)36)13-20-18(27(26)28-23(39-2)11-17(34)12-24(28)40-3)8-9-19-25(20)31(38)33(30(19)37)16-6-4-15(32)5-7-16/h4-8,10-12,19-20,25,27,34H,9,13H2,1-3H3. The number of ketones is 2. The van der Waals surface area contributed by atoms with Crippen molar-refractivity contribution in [2.24, 2.45) is 17.8 Å². The first-order valence-electron chi connectivity index (χ1n) is 12.9. The first-order valence-corrected chi connectivity index (χ1v) is 13.7. The monoisotopic (exact) mass is 603 g/mol. The van der Waals surface area contributed by atoms with Crippen LogP contribution < -0.4 is 14.4 Å². The molecule has 40 heavy (non-hydrogen) atoms. The maximum Gasteiger partial charge on any atom is 0.238 e. The number of benzene rings is 2. The van der Waals surface area contributed by atoms with Crippen molar-refractivity contribution >= 4 is 45.0 Å². The van der Waals surface area contributed by atoms with Gasteiger partial charge in [0.2, 0.25) is 11.8 Å². The summed E-state index contributed by atoms with van der Waals surface area (Å²) < 4.78 is 12.1. The molecule has 4 atom stereocenters. The van der Waals surface area contributed by atoms with Crippen LogP contribution in [0.4, 0.5) is 5.69 Å². The number of carbonyl (C=O) groups excluding carboxylic acids is 4. The Labute approximate surface area is 239 Å². The van der Waals surface area contributed by atoms with Crippen molar-refractivity contribution < 1.29 is 33.8 Å². The molecule has 3 aliphatic carbocycles. The number of anilines is 1. The molecule has 1 N–H and O–H groups in total. The maximum absolute atomic E-state index is 14.0. The summed E-state index contributed by atoms with van der Waals surface area (Å²) in [6.07, 6.45) is 3.77. The fourth-order valence-corrected chi connectivity index (χ4v) is 7.03. The van der Waals surface area contributed by atoms with Crippen molar-refractivity contribution in [1.29, 1.82) is 0 Å². The molecule has 1 heterocycles. The van der Waals surface area contributed by atoms with Gasteiger partial charge in [0.25, 0.3) is 0 Å². The number of aromatic hydroxyl groups is 1. The average Bonchev–Trinajstić information content (AvgIpc) is 3.20. The Morgan fingerprint density at radius 1 is 0.950 bits per heavy atom. The minimum Gasteiger partial charge on any atom is -0.508 e. The predicted molar refractivity (Wildman–Crippen MR) is 149 cm³/mol. The lowest BCUT2D eigenvalue weighted by Crippen LogP contribution is -2.40. The quantitative estimate of drug-likeness (QED) is 0.303. The Balaban J connectivity index is 1.54. The van der Waals surface area contributed by atoms with Crippen LogP contribution in [0.2, 0.25) is 0 Å². The van der Waals surface area contributed by atoms with Crippen molar-refractivity contribution in [2.75, 3.05) is 19.1 Å². The summed E-state index contributed by atoms with van der Waals surface area (Å²) in [6.45, 7) is 1.61. The van der Waals surface area contributed by atoms with Gasteiger partial charge in [-0.2, -0.15) is 0 Å². The van der Waals surface area contributed by atoms with E-state index in [1.54, 1.807) is 31.2 Å². The minimum atomic E-state index is -0.759. The molecule has 204 valence electrons. The summed E-state index contributed by atoms with van der Waals surface area (Å²) in [5.41, 5.74) is 2.75. The van der Waals surface area contributed by atoms with Crippen LogP contribution in [0.1, 0.15) is 31.2 Å². The van der Waals surface area contributed by atoms with Crippen molar-refractivity contribution in [1.82, 2.24) is 0 Å². The third kappa shape index (κ3) is 3.78. The highest BCUT2D eigenvalue weighted by molar-refractivity contribution is 9.10. The van der Waals surface area contributed by atoms with Gasteiger partial charge in [-0.15, -0.1) is 0 Å². The van der Waals surface area contributed by atoms with E-state index in [0.717, 1.165) is 10.0 Å². The SMILES string of the molecule is COc1cc(O)cc(OC)c1C1C2=CCC3C(=O)N(c4ccc(Br)cc4)C(=O)C3C2CC2=C1C(=O)C=C(C)C2=O. The molecule has 0 spiro atoms. The molecule has 4 unspecified atom stereocenters. The zero-order chi connectivity index (χ0) is 28.5. The molecule has 1 saturated heterocycles. The van der Waals surface area contributed by atoms with Gasteiger partial charge in [-0.1, -0.05) is 27.6 Å². The number of phenolic OH excluding ortho intramolecular Hbond substituents is 1. The van der Waals surface area contributed by atoms with Gasteiger partial charge in [0.05, 0.1) is 31.7 Å². The molecule has 8 nitrogen and oxygen atoms in total. The van der Waals surface area contributed by atoms with Crippen molar-refractivity contribution in [3.63, 3.8) is 0 Å². The van der Waals surface area contributed by atoms with E-state index in [2.05, 4.69) is 15.9 Å². The summed E-state index contributed by atoms with van der Waals surface area (Å²) in [5, 5.41) is 10.3. The molecule has 2 amide bonds. The minimum absolute atomic E-state index is 0.0832. The summed E-state index contributed by atoms with van der Waals surface area (Å²) in [6, 6.07) is 9.87. The molecule has 2 aromatic carbocycles. The lowest BCUT2D eigenvalue weighted by molar-refractivity contribution is -0.123. The first-order chi connectivity index (χ1) is 19.2. The van der Waals surface area contributed by atoms with E-state index in [1.165, 1.54) is 37.3 Å². The molecule has 0 aromatic heterocycles. The number of halogens is 1. The maximum atomic E-state index is 14.0. The zero-order valence-electron chi connectivity index (χ0n) is 22.1. The number of Topliss-reactive ketones (excluding diaryl/α,β-unsaturated/α-hetero) is 1. The van der Waals surface area contributed by atoms with Crippen LogP contribution in [0.25, 0.3) is 0 Å². The van der Waals surface area contributed by atoms with Crippen molar-refractivity contribution in [3.05, 3.63) is 80.9 Å². The Kier molecular flexibility index (Phi) is 6.29. The van der Waals surface area contributed by atoms with Gasteiger partial charge < -0.3 is 14.6 Å². The molecule has 9 heteroatoms. The number of fused-ring (bicyclic) bond motifs is 3. The lowest BCUT2D eigenvalue weighted by Gasteiger charge is -2.42. The highest BCUT2D eigenvalue weighted by Gasteiger charge is 2.57. The van der Waals surface area contributed by atoms with E-state index in [0.29, 0.717) is 34.4 Å². The van der Waals surface area contributed by atoms with Gasteiger partial charge in [0.1, 0.15) is 17.2 Å². The highest BCUT2D eigenvalue weighted by Crippen LogP contribution is 2.58. The van der Waals surface area contributed by atoms with Crippen LogP contribution in [-0.4, -0.2) is 42.7 Å². The van der Waals surface area contributed by atoms with Gasteiger partial charge in [-0.3, -0.25) is 24.1 Å². The smallest absolute Gasteiger partial charge is 0.238 e. The summed E-state index contributed by atoms with van der Waals surface area (Å²) >= 11 is 3.39. The fraction of sp³-hybridized carbons (Fsp3) is 0.290. The Hall–Kier alpha value is -3.98. The summed E-state index contributed by atoms with van der Waals surface area (Å²) in [7, 11) is 2.90. The molecule has 6 rings (SSSR count). The second kappa shape index (κ2) is 9.59. The fourth-order valence-electron chi connectivity index (χ4n) is 6.77. The topological polar surface area (TPSA) is 110 Å². The van der Waals surface area contributed by atoms with E-state index >= 15 is 0 Å². The average molecular weight is 604 g/mol. The molecule has 1 aliphatic heterocycles. The predicted octanol–water partition coefficient (Wildman–Crippen LogP) is 4.81. The summed E-state index contributed by atoms with van der Waals surface area (Å²) in [4.78, 5) is 55.9. The Bertz CT molecular complexity index is 1570. The van der Waals surface area contributed by atoms with Crippen LogP contribution >= 0.6 is 15.9 Å². The number of methoxy groups -OCH3 is 2. The van der Waals surface area contributed by atoms with Crippen LogP contribution in [0.5, 0.6) is 17.2 Å². The molecule has 0 bridgehead atoms. The normalized spacial score (nSPS) is 25.8. The zero-order valence-corrected chi connectivity index (χ0v) is 23.7. The number of phenols is 1. The third-order valence-corrected chi connectivity index (χ3v) is 8.99. The van der Waals surface area contributed by atoms with Crippen molar-refractivity contribution in [3.8, 4) is 17.2 Å². The van der Waals surface area contributed by atoms with Gasteiger partial charge in [0.15, 0.2) is 11.6 Å². The number of nitrogens with zero attached hydrogens (tertiary/aromatic N) is 1. The second-order valence-electron chi connectivity index (χ2n) is 10.5. The molecule has 0 saturated carbocycles. The van der Waals surface area contributed by atoms with E-state index in [4.69, 9.17) is 9.47 Å². The largest absolute Gasteiger partial charge is 0.508 e. The number of hydrogen-bond donors (Lipinski definition) is 1. The molecule has 1 fully saturated rings. The second-order valence-corrected chi connectivity index (χ2v) is 11.4. The van der Waals surface area contributed by atoms with Crippen molar-refractivity contribution in [2.45, 2.75) is 25.7 Å². The molecule has 2 aromatic rings. The van der Waals surface area contributed by atoms with Crippen LogP contribution in [0, 0.1) is 17.8 Å². The van der Waals surface area contributed by atoms with E-state index in [1.807, 2.05) is 6.08 Å². The van der Waals surface area contributed by atoms with Crippen LogP contribution in [0.3, 0.4) is 0 Å². The summed E-state index contributed by atoms with van der Waals surface area (Å²) in [5.74, 6) is -3.18. The van der Waals surface area contributed by atoms with E-state index in [9.17, 15) is 24.3 Å². The number of imide groups is 1. The number of amides is 2. The molecular weight excluding hydrogens is 578 g/mol. The van der Waals surface area contributed by atoms with Gasteiger partial charge in [0, 0.05) is 44.8 Å². The van der Waals surface area contributed by atoms with E-state index in [-0.39, 0.29) is 47.1 Å².